The van der Waals surface area contributed by atoms with Gasteiger partial charge in [0, 0.05) is 17.1 Å². The van der Waals surface area contributed by atoms with Crippen molar-refractivity contribution in [2.75, 3.05) is 7.11 Å². The van der Waals surface area contributed by atoms with Gasteiger partial charge in [-0.25, -0.2) is 4.79 Å². The molecule has 2 aliphatic rings. The average Bonchev–Trinajstić information content (AvgIpc) is 3.50. The third kappa shape index (κ3) is 3.58. The molecule has 31 heavy (non-hydrogen) atoms. The summed E-state index contributed by atoms with van der Waals surface area (Å²) in [7, 11) is 1.70. The minimum absolute atomic E-state index is 0.123. The molecule has 0 bridgehead atoms. The van der Waals surface area contributed by atoms with E-state index in [1.54, 1.807) is 13.2 Å². The second-order valence-corrected chi connectivity index (χ2v) is 10.7. The van der Waals surface area contributed by atoms with Gasteiger partial charge in [-0.3, -0.25) is 0 Å². The maximum Gasteiger partial charge on any atom is 0.328 e. The molecule has 1 fully saturated rings. The second kappa shape index (κ2) is 7.25. The molecule has 2 aromatic carbocycles. The van der Waals surface area contributed by atoms with Gasteiger partial charge in [-0.2, -0.15) is 0 Å². The fourth-order valence-electron chi connectivity index (χ4n) is 5.55. The molecule has 0 amide bonds. The van der Waals surface area contributed by atoms with Gasteiger partial charge in [0.25, 0.3) is 0 Å². The fourth-order valence-corrected chi connectivity index (χ4v) is 5.55. The molecular weight excluding hydrogens is 384 g/mol. The quantitative estimate of drug-likeness (QED) is 0.562. The van der Waals surface area contributed by atoms with Crippen molar-refractivity contribution >= 4 is 12.0 Å². The molecule has 164 valence electrons. The van der Waals surface area contributed by atoms with E-state index >= 15 is 0 Å². The Bertz CT molecular complexity index is 1070. The predicted octanol–water partition coefficient (Wildman–Crippen LogP) is 6.53. The molecule has 3 nitrogen and oxygen atoms in total. The maximum absolute atomic E-state index is 11.2. The van der Waals surface area contributed by atoms with Gasteiger partial charge < -0.3 is 9.84 Å². The highest BCUT2D eigenvalue weighted by Crippen LogP contribution is 2.59. The van der Waals surface area contributed by atoms with E-state index in [0.717, 1.165) is 29.7 Å². The van der Waals surface area contributed by atoms with Crippen LogP contribution in [-0.4, -0.2) is 18.2 Å². The molecule has 1 saturated carbocycles. The van der Waals surface area contributed by atoms with Crippen molar-refractivity contribution in [3.05, 3.63) is 69.8 Å². The van der Waals surface area contributed by atoms with Crippen LogP contribution in [0.1, 0.15) is 86.8 Å². The zero-order chi connectivity index (χ0) is 22.6. The summed E-state index contributed by atoms with van der Waals surface area (Å²) in [6, 6.07) is 10.8. The zero-order valence-electron chi connectivity index (χ0n) is 19.6. The average molecular weight is 419 g/mol. The van der Waals surface area contributed by atoms with Crippen LogP contribution >= 0.6 is 0 Å². The molecular formula is C28H34O3. The monoisotopic (exact) mass is 418 g/mol. The SMILES string of the molecule is COc1cccc(/C=C/C(=O)O)c1C1(c2cc3c(cc2C)C(C)(C)CCC3(C)C)CC1. The van der Waals surface area contributed by atoms with Gasteiger partial charge >= 0.3 is 5.97 Å². The van der Waals surface area contributed by atoms with Gasteiger partial charge in [0.15, 0.2) is 0 Å². The molecule has 1 N–H and O–H groups in total. The van der Waals surface area contributed by atoms with Crippen LogP contribution in [0, 0.1) is 6.92 Å². The lowest BCUT2D eigenvalue weighted by Crippen LogP contribution is -2.34. The van der Waals surface area contributed by atoms with Crippen LogP contribution in [0.4, 0.5) is 0 Å². The van der Waals surface area contributed by atoms with Crippen molar-refractivity contribution in [2.24, 2.45) is 0 Å². The summed E-state index contributed by atoms with van der Waals surface area (Å²) in [6.07, 6.45) is 7.41. The first kappa shape index (κ1) is 21.7. The lowest BCUT2D eigenvalue weighted by Gasteiger charge is -2.43. The van der Waals surface area contributed by atoms with Gasteiger partial charge in [0.05, 0.1) is 7.11 Å². The molecule has 3 heteroatoms. The number of methoxy groups -OCH3 is 1. The van der Waals surface area contributed by atoms with Gasteiger partial charge in [-0.1, -0.05) is 52.0 Å². The first-order valence-electron chi connectivity index (χ1n) is 11.3. The molecule has 4 rings (SSSR count). The number of ether oxygens (including phenoxy) is 1. The molecule has 0 atom stereocenters. The van der Waals surface area contributed by atoms with Gasteiger partial charge in [-0.15, -0.1) is 0 Å². The van der Waals surface area contributed by atoms with Gasteiger partial charge in [0.2, 0.25) is 0 Å². The molecule has 0 saturated heterocycles. The minimum Gasteiger partial charge on any atom is -0.496 e. The van der Waals surface area contributed by atoms with Crippen molar-refractivity contribution in [2.45, 2.75) is 76.5 Å². The molecule has 2 aliphatic carbocycles. The normalized spacial score (nSPS) is 20.3. The number of hydrogen-bond acceptors (Lipinski definition) is 2. The second-order valence-electron chi connectivity index (χ2n) is 10.7. The third-order valence-corrected chi connectivity index (χ3v) is 7.63. The van der Waals surface area contributed by atoms with Crippen LogP contribution in [0.3, 0.4) is 0 Å². The lowest BCUT2D eigenvalue weighted by molar-refractivity contribution is -0.131. The van der Waals surface area contributed by atoms with E-state index in [1.807, 2.05) is 18.2 Å². The largest absolute Gasteiger partial charge is 0.496 e. The topological polar surface area (TPSA) is 46.5 Å². The molecule has 0 unspecified atom stereocenters. The van der Waals surface area contributed by atoms with Crippen LogP contribution in [-0.2, 0) is 21.0 Å². The van der Waals surface area contributed by atoms with Crippen molar-refractivity contribution in [1.29, 1.82) is 0 Å². The van der Waals surface area contributed by atoms with E-state index in [2.05, 4.69) is 46.8 Å². The lowest BCUT2D eigenvalue weighted by atomic mass is 9.62. The van der Waals surface area contributed by atoms with E-state index in [-0.39, 0.29) is 16.2 Å². The molecule has 0 radical (unpaired) electrons. The molecule has 0 aromatic heterocycles. The standard InChI is InChI=1S/C28H34O3/c1-18-16-21-22(27(4,5)13-12-26(21,2)3)17-20(18)28(14-15-28)25-19(10-11-24(29)30)8-7-9-23(25)31-6/h7-11,16-17H,12-15H2,1-6H3,(H,29,30)/b11-10+. The van der Waals surface area contributed by atoms with Gasteiger partial charge in [-0.05, 0) is 83.4 Å². The van der Waals surface area contributed by atoms with Crippen LogP contribution < -0.4 is 4.74 Å². The molecule has 0 aliphatic heterocycles. The number of fused-ring (bicyclic) bond motifs is 1. The highest BCUT2D eigenvalue weighted by atomic mass is 16.5. The Morgan fingerprint density at radius 2 is 1.58 bits per heavy atom. The highest BCUT2D eigenvalue weighted by molar-refractivity contribution is 5.86. The predicted molar refractivity (Wildman–Crippen MR) is 126 cm³/mol. The van der Waals surface area contributed by atoms with Crippen molar-refractivity contribution in [3.63, 3.8) is 0 Å². The number of carboxylic acids is 1. The number of benzene rings is 2. The first-order valence-corrected chi connectivity index (χ1v) is 11.3. The Labute approximate surface area is 186 Å². The summed E-state index contributed by atoms with van der Waals surface area (Å²) in [4.78, 5) is 11.2. The smallest absolute Gasteiger partial charge is 0.328 e. The van der Waals surface area contributed by atoms with E-state index in [4.69, 9.17) is 4.74 Å². The van der Waals surface area contributed by atoms with E-state index in [1.165, 1.54) is 41.2 Å². The number of aliphatic carboxylic acids is 1. The Hall–Kier alpha value is -2.55. The van der Waals surface area contributed by atoms with E-state index in [0.29, 0.717) is 0 Å². The highest BCUT2D eigenvalue weighted by Gasteiger charge is 2.50. The number of carboxylic acid groups (broad SMARTS) is 1. The summed E-state index contributed by atoms with van der Waals surface area (Å²) in [5.41, 5.74) is 7.89. The van der Waals surface area contributed by atoms with Crippen molar-refractivity contribution in [3.8, 4) is 5.75 Å². The van der Waals surface area contributed by atoms with Crippen molar-refractivity contribution in [1.82, 2.24) is 0 Å². The molecule has 0 heterocycles. The first-order chi connectivity index (χ1) is 14.5. The van der Waals surface area contributed by atoms with Gasteiger partial charge in [0.1, 0.15) is 5.75 Å². The summed E-state index contributed by atoms with van der Waals surface area (Å²) in [6.45, 7) is 11.7. The summed E-state index contributed by atoms with van der Waals surface area (Å²) in [5.74, 6) is -0.102. The fraction of sp³-hybridized carbons (Fsp3) is 0.464. The zero-order valence-corrected chi connectivity index (χ0v) is 19.6. The number of aryl methyl sites for hydroxylation is 1. The number of hydrogen-bond donors (Lipinski definition) is 1. The van der Waals surface area contributed by atoms with Crippen LogP contribution in [0.15, 0.2) is 36.4 Å². The molecule has 2 aromatic rings. The summed E-state index contributed by atoms with van der Waals surface area (Å²) in [5, 5.41) is 9.19. The van der Waals surface area contributed by atoms with Crippen LogP contribution in [0.5, 0.6) is 5.75 Å². The van der Waals surface area contributed by atoms with Crippen molar-refractivity contribution < 1.29 is 14.6 Å². The summed E-state index contributed by atoms with van der Waals surface area (Å²) >= 11 is 0. The Morgan fingerprint density at radius 3 is 2.13 bits per heavy atom. The van der Waals surface area contributed by atoms with E-state index < -0.39 is 5.97 Å². The Balaban J connectivity index is 1.94. The van der Waals surface area contributed by atoms with E-state index in [9.17, 15) is 9.90 Å². The van der Waals surface area contributed by atoms with Crippen LogP contribution in [0.25, 0.3) is 6.08 Å². The maximum atomic E-state index is 11.2. The Kier molecular flexibility index (Phi) is 5.07. The third-order valence-electron chi connectivity index (χ3n) is 7.63. The number of carbonyl (C=O) groups is 1. The Morgan fingerprint density at radius 1 is 0.968 bits per heavy atom. The van der Waals surface area contributed by atoms with Crippen LogP contribution in [0.2, 0.25) is 0 Å². The molecule has 0 spiro atoms. The minimum atomic E-state index is -0.937. The summed E-state index contributed by atoms with van der Waals surface area (Å²) < 4.78 is 5.79. The number of rotatable bonds is 5.